The van der Waals surface area contributed by atoms with Crippen molar-refractivity contribution in [2.24, 2.45) is 0 Å². The molecule has 0 unspecified atom stereocenters. The molecule has 0 radical (unpaired) electrons. The van der Waals surface area contributed by atoms with Crippen LogP contribution in [0.4, 0.5) is 13.2 Å². The normalized spacial score (nSPS) is 11.4. The molecule has 0 aliphatic carbocycles. The standard InChI is InChI=1S/C24H12BrCl2F3O6/c1-33-20-15(27)9-8-14(26)18(20)23(32)34-11-6-7-12-17(10-11)36-22(24(28,29)30)21(19(12)31)35-16-5-3-2-4-13(16)25/h2-10H,1H3. The van der Waals surface area contributed by atoms with Gasteiger partial charge in [-0.1, -0.05) is 35.3 Å². The van der Waals surface area contributed by atoms with E-state index < -0.39 is 34.7 Å². The summed E-state index contributed by atoms with van der Waals surface area (Å²) >= 11 is 15.3. The quantitative estimate of drug-likeness (QED) is 0.170. The smallest absolute Gasteiger partial charge is 0.453 e. The zero-order chi connectivity index (χ0) is 26.2. The third-order valence-corrected chi connectivity index (χ3v) is 6.07. The molecule has 0 N–H and O–H groups in total. The van der Waals surface area contributed by atoms with Crippen LogP contribution < -0.4 is 19.6 Å². The number of benzene rings is 3. The topological polar surface area (TPSA) is 75.0 Å². The van der Waals surface area contributed by atoms with E-state index >= 15 is 0 Å². The van der Waals surface area contributed by atoms with Crippen LogP contribution in [0.3, 0.4) is 0 Å². The molecule has 1 heterocycles. The highest BCUT2D eigenvalue weighted by Gasteiger charge is 2.40. The Morgan fingerprint density at radius 3 is 2.36 bits per heavy atom. The Balaban J connectivity index is 1.78. The zero-order valence-electron chi connectivity index (χ0n) is 17.9. The van der Waals surface area contributed by atoms with Gasteiger partial charge in [-0.2, -0.15) is 13.2 Å². The first-order chi connectivity index (χ1) is 17.0. The lowest BCUT2D eigenvalue weighted by Crippen LogP contribution is -2.16. The van der Waals surface area contributed by atoms with Crippen LogP contribution in [0.2, 0.25) is 10.0 Å². The van der Waals surface area contributed by atoms with Gasteiger partial charge in [-0.15, -0.1) is 0 Å². The summed E-state index contributed by atoms with van der Waals surface area (Å²) < 4.78 is 62.5. The number of fused-ring (bicyclic) bond motifs is 1. The molecule has 0 saturated heterocycles. The summed E-state index contributed by atoms with van der Waals surface area (Å²) in [6.07, 6.45) is -5.07. The average molecular weight is 604 g/mol. The lowest BCUT2D eigenvalue weighted by Gasteiger charge is -2.14. The Hall–Kier alpha value is -3.21. The van der Waals surface area contributed by atoms with Gasteiger partial charge in [0, 0.05) is 6.07 Å². The molecular formula is C24H12BrCl2F3O6. The highest BCUT2D eigenvalue weighted by Crippen LogP contribution is 2.40. The SMILES string of the molecule is COc1c(Cl)ccc(Cl)c1C(=O)Oc1ccc2c(=O)c(Oc3ccccc3Br)c(C(F)(F)F)oc2c1. The number of esters is 1. The van der Waals surface area contributed by atoms with E-state index in [1.807, 2.05) is 0 Å². The number of para-hydroxylation sites is 1. The van der Waals surface area contributed by atoms with Crippen LogP contribution in [0, 0.1) is 0 Å². The summed E-state index contributed by atoms with van der Waals surface area (Å²) in [6, 6.07) is 12.2. The molecular weight excluding hydrogens is 592 g/mol. The van der Waals surface area contributed by atoms with Gasteiger partial charge in [0.1, 0.15) is 22.6 Å². The van der Waals surface area contributed by atoms with Crippen LogP contribution in [0.25, 0.3) is 11.0 Å². The number of hydrogen-bond donors (Lipinski definition) is 0. The molecule has 36 heavy (non-hydrogen) atoms. The van der Waals surface area contributed by atoms with Crippen molar-refractivity contribution in [2.45, 2.75) is 6.18 Å². The molecule has 0 amide bonds. The molecule has 0 saturated carbocycles. The Morgan fingerprint density at radius 1 is 1.00 bits per heavy atom. The van der Waals surface area contributed by atoms with Crippen molar-refractivity contribution in [1.82, 2.24) is 0 Å². The van der Waals surface area contributed by atoms with Gasteiger partial charge in [-0.05, 0) is 52.3 Å². The maximum Gasteiger partial charge on any atom is 0.453 e. The van der Waals surface area contributed by atoms with E-state index in [0.29, 0.717) is 4.47 Å². The predicted octanol–water partition coefficient (Wildman–Crippen LogP) is 7.90. The summed E-state index contributed by atoms with van der Waals surface area (Å²) in [5, 5.41) is -0.171. The second kappa shape index (κ2) is 10.0. The second-order valence-corrected chi connectivity index (χ2v) is 8.77. The molecule has 4 aromatic rings. The van der Waals surface area contributed by atoms with Crippen molar-refractivity contribution in [3.63, 3.8) is 0 Å². The van der Waals surface area contributed by atoms with Crippen LogP contribution in [0.1, 0.15) is 16.1 Å². The Kier molecular flexibility index (Phi) is 7.21. The van der Waals surface area contributed by atoms with Crippen LogP contribution in [-0.2, 0) is 6.18 Å². The molecule has 1 aromatic heterocycles. The fourth-order valence-corrected chi connectivity index (χ4v) is 4.04. The lowest BCUT2D eigenvalue weighted by molar-refractivity contribution is -0.154. The average Bonchev–Trinajstić information content (AvgIpc) is 2.82. The Labute approximate surface area is 219 Å². The van der Waals surface area contributed by atoms with E-state index in [2.05, 4.69) is 15.9 Å². The van der Waals surface area contributed by atoms with Crippen molar-refractivity contribution >= 4 is 56.1 Å². The molecule has 0 aliphatic rings. The number of alkyl halides is 3. The number of rotatable bonds is 5. The minimum atomic E-state index is -5.07. The Bertz CT molecular complexity index is 1550. The van der Waals surface area contributed by atoms with Crippen LogP contribution in [0.15, 0.2) is 68.3 Å². The second-order valence-electron chi connectivity index (χ2n) is 7.10. The van der Waals surface area contributed by atoms with Gasteiger partial charge >= 0.3 is 12.1 Å². The van der Waals surface area contributed by atoms with Crippen LogP contribution >= 0.6 is 39.1 Å². The maximum atomic E-state index is 13.8. The fraction of sp³-hybridized carbons (Fsp3) is 0.0833. The number of hydrogen-bond acceptors (Lipinski definition) is 6. The summed E-state index contributed by atoms with van der Waals surface area (Å²) in [5.74, 6) is -3.98. The zero-order valence-corrected chi connectivity index (χ0v) is 21.0. The summed E-state index contributed by atoms with van der Waals surface area (Å²) in [5.41, 5.74) is -1.75. The molecule has 12 heteroatoms. The van der Waals surface area contributed by atoms with E-state index in [9.17, 15) is 22.8 Å². The molecule has 0 fully saturated rings. The van der Waals surface area contributed by atoms with Crippen molar-refractivity contribution in [2.75, 3.05) is 7.11 Å². The van der Waals surface area contributed by atoms with E-state index in [1.165, 1.54) is 43.5 Å². The molecule has 3 aromatic carbocycles. The maximum absolute atomic E-state index is 13.8. The minimum absolute atomic E-state index is 0.0208. The fourth-order valence-electron chi connectivity index (χ4n) is 3.22. The van der Waals surface area contributed by atoms with Gasteiger partial charge in [0.2, 0.25) is 11.2 Å². The van der Waals surface area contributed by atoms with Gasteiger partial charge in [-0.3, -0.25) is 4.79 Å². The molecule has 0 spiro atoms. The molecule has 0 bridgehead atoms. The largest absolute Gasteiger partial charge is 0.494 e. The van der Waals surface area contributed by atoms with E-state index in [1.54, 1.807) is 6.07 Å². The number of carbonyl (C=O) groups excluding carboxylic acids is 1. The van der Waals surface area contributed by atoms with Gasteiger partial charge in [0.15, 0.2) is 5.75 Å². The van der Waals surface area contributed by atoms with Crippen molar-refractivity contribution in [3.8, 4) is 23.0 Å². The first-order valence-electron chi connectivity index (χ1n) is 9.86. The number of ether oxygens (including phenoxy) is 3. The minimum Gasteiger partial charge on any atom is -0.494 e. The highest BCUT2D eigenvalue weighted by molar-refractivity contribution is 9.10. The van der Waals surface area contributed by atoms with Crippen LogP contribution in [-0.4, -0.2) is 13.1 Å². The van der Waals surface area contributed by atoms with Crippen molar-refractivity contribution in [3.05, 3.63) is 90.7 Å². The summed E-state index contributed by atoms with van der Waals surface area (Å²) in [4.78, 5) is 25.7. The molecule has 4 rings (SSSR count). The summed E-state index contributed by atoms with van der Waals surface area (Å²) in [6.45, 7) is 0. The highest BCUT2D eigenvalue weighted by atomic mass is 79.9. The van der Waals surface area contributed by atoms with Crippen molar-refractivity contribution < 1.29 is 36.6 Å². The van der Waals surface area contributed by atoms with E-state index in [-0.39, 0.29) is 38.2 Å². The number of carbonyl (C=O) groups is 1. The lowest BCUT2D eigenvalue weighted by atomic mass is 10.2. The van der Waals surface area contributed by atoms with Crippen molar-refractivity contribution in [1.29, 1.82) is 0 Å². The Morgan fingerprint density at radius 2 is 1.69 bits per heavy atom. The number of methoxy groups -OCH3 is 1. The van der Waals surface area contributed by atoms with E-state index in [4.69, 9.17) is 41.8 Å². The van der Waals surface area contributed by atoms with E-state index in [0.717, 1.165) is 12.1 Å². The van der Waals surface area contributed by atoms with Gasteiger partial charge in [0.25, 0.3) is 5.76 Å². The molecule has 0 atom stereocenters. The third kappa shape index (κ3) is 5.02. The van der Waals surface area contributed by atoms with Gasteiger partial charge < -0.3 is 18.6 Å². The molecule has 0 aliphatic heterocycles. The van der Waals surface area contributed by atoms with Gasteiger partial charge in [-0.25, -0.2) is 4.79 Å². The van der Waals surface area contributed by atoms with Gasteiger partial charge in [0.05, 0.1) is 27.0 Å². The monoisotopic (exact) mass is 602 g/mol. The molecule has 186 valence electrons. The summed E-state index contributed by atoms with van der Waals surface area (Å²) in [7, 11) is 1.27. The predicted molar refractivity (Wildman–Crippen MR) is 130 cm³/mol. The number of halogens is 6. The first-order valence-corrected chi connectivity index (χ1v) is 11.4. The van der Waals surface area contributed by atoms with Crippen LogP contribution in [0.5, 0.6) is 23.0 Å². The molecule has 6 nitrogen and oxygen atoms in total. The first kappa shape index (κ1) is 25.9. The third-order valence-electron chi connectivity index (χ3n) is 4.81.